The summed E-state index contributed by atoms with van der Waals surface area (Å²) in [4.78, 5) is 17.8. The fourth-order valence-electron chi connectivity index (χ4n) is 4.27. The summed E-state index contributed by atoms with van der Waals surface area (Å²) in [5.74, 6) is 1.86. The van der Waals surface area contributed by atoms with Gasteiger partial charge in [0.15, 0.2) is 17.3 Å². The molecule has 0 radical (unpaired) electrons. The molecule has 0 bridgehead atoms. The molecule has 1 aromatic carbocycles. The number of aliphatic imine (C=N–C) groups is 1. The Morgan fingerprint density at radius 2 is 2.17 bits per heavy atom. The highest BCUT2D eigenvalue weighted by Crippen LogP contribution is 2.49. The summed E-state index contributed by atoms with van der Waals surface area (Å²) >= 11 is 7.95. The van der Waals surface area contributed by atoms with Gasteiger partial charge in [-0.05, 0) is 51.3 Å². The van der Waals surface area contributed by atoms with E-state index in [-0.39, 0.29) is 29.2 Å². The average molecular weight is 436 g/mol. The molecule has 1 saturated heterocycles. The van der Waals surface area contributed by atoms with E-state index < -0.39 is 0 Å². The lowest BCUT2D eigenvalue weighted by molar-refractivity contribution is -0.0705. The van der Waals surface area contributed by atoms with Crippen molar-refractivity contribution in [2.45, 2.75) is 50.5 Å². The number of nitrogens with one attached hydrogen (secondary N) is 1. The molecule has 29 heavy (non-hydrogen) atoms. The minimum absolute atomic E-state index is 0.119. The maximum Gasteiger partial charge on any atom is 0.271 e. The van der Waals surface area contributed by atoms with Gasteiger partial charge >= 0.3 is 0 Å². The number of thioether (sulfide) groups is 1. The van der Waals surface area contributed by atoms with E-state index in [1.807, 2.05) is 23.7 Å². The number of fused-ring (bicyclic) bond motifs is 2. The summed E-state index contributed by atoms with van der Waals surface area (Å²) in [6.45, 7) is 6.93. The summed E-state index contributed by atoms with van der Waals surface area (Å²) in [6, 6.07) is 3.89. The molecule has 3 aliphatic rings. The summed E-state index contributed by atoms with van der Waals surface area (Å²) in [7, 11) is 0. The van der Waals surface area contributed by atoms with E-state index in [1.54, 1.807) is 11.8 Å². The quantitative estimate of drug-likeness (QED) is 0.747. The molecular weight excluding hydrogens is 414 g/mol. The Morgan fingerprint density at radius 1 is 1.34 bits per heavy atom. The molecule has 3 aliphatic heterocycles. The van der Waals surface area contributed by atoms with Crippen molar-refractivity contribution in [2.75, 3.05) is 13.4 Å². The largest absolute Gasteiger partial charge is 0.454 e. The Morgan fingerprint density at radius 3 is 2.97 bits per heavy atom. The van der Waals surface area contributed by atoms with Gasteiger partial charge in [-0.2, -0.15) is 0 Å². The number of aromatic amines is 1. The van der Waals surface area contributed by atoms with E-state index in [4.69, 9.17) is 30.8 Å². The lowest BCUT2D eigenvalue weighted by atomic mass is 9.94. The van der Waals surface area contributed by atoms with Crippen LogP contribution in [0.25, 0.3) is 0 Å². The number of nitrogens with zero attached hydrogens (tertiary/aromatic N) is 2. The van der Waals surface area contributed by atoms with Crippen molar-refractivity contribution in [2.24, 2.45) is 4.99 Å². The fourth-order valence-corrected chi connectivity index (χ4v) is 5.62. The highest BCUT2D eigenvalue weighted by Gasteiger charge is 2.36. The third-order valence-electron chi connectivity index (χ3n) is 5.54. The zero-order valence-corrected chi connectivity index (χ0v) is 18.0. The third kappa shape index (κ3) is 3.27. The number of aromatic nitrogens is 2. The topological polar surface area (TPSA) is 77.8 Å². The van der Waals surface area contributed by atoms with Crippen molar-refractivity contribution >= 4 is 34.2 Å². The Kier molecular flexibility index (Phi) is 4.49. The first-order chi connectivity index (χ1) is 13.8. The second kappa shape index (κ2) is 6.82. The third-order valence-corrected chi connectivity index (χ3v) is 6.99. The summed E-state index contributed by atoms with van der Waals surface area (Å²) in [6.07, 6.45) is 1.65. The van der Waals surface area contributed by atoms with Crippen molar-refractivity contribution in [3.63, 3.8) is 0 Å². The minimum Gasteiger partial charge on any atom is -0.454 e. The number of rotatable bonds is 2. The van der Waals surface area contributed by atoms with Gasteiger partial charge in [-0.25, -0.2) is 4.99 Å². The summed E-state index contributed by atoms with van der Waals surface area (Å²) in [5.41, 5.74) is 1.20. The summed E-state index contributed by atoms with van der Waals surface area (Å²) < 4.78 is 18.7. The Balaban J connectivity index is 1.60. The Labute approximate surface area is 177 Å². The molecule has 1 aromatic heterocycles. The normalized spacial score (nSPS) is 24.9. The van der Waals surface area contributed by atoms with Crippen molar-refractivity contribution in [1.82, 2.24) is 9.78 Å². The molecule has 2 aromatic rings. The first-order valence-electron chi connectivity index (χ1n) is 9.62. The molecule has 9 heteroatoms. The molecule has 0 saturated carbocycles. The van der Waals surface area contributed by atoms with Crippen LogP contribution in [0.1, 0.15) is 56.0 Å². The molecule has 154 valence electrons. The van der Waals surface area contributed by atoms with Crippen LogP contribution in [0.5, 0.6) is 11.5 Å². The lowest BCUT2D eigenvalue weighted by Gasteiger charge is -2.36. The average Bonchev–Trinajstić information content (AvgIpc) is 3.25. The molecule has 1 fully saturated rings. The number of hydrogen-bond acceptors (Lipinski definition) is 6. The van der Waals surface area contributed by atoms with Crippen LogP contribution in [0.15, 0.2) is 21.9 Å². The molecule has 2 atom stereocenters. The van der Waals surface area contributed by atoms with Crippen LogP contribution < -0.4 is 15.0 Å². The summed E-state index contributed by atoms with van der Waals surface area (Å²) in [5, 5.41) is 4.21. The van der Waals surface area contributed by atoms with Crippen LogP contribution >= 0.6 is 23.4 Å². The van der Waals surface area contributed by atoms with Gasteiger partial charge in [-0.3, -0.25) is 14.6 Å². The highest BCUT2D eigenvalue weighted by atomic mass is 35.5. The predicted octanol–water partition coefficient (Wildman–Crippen LogP) is 4.57. The smallest absolute Gasteiger partial charge is 0.271 e. The van der Waals surface area contributed by atoms with Gasteiger partial charge in [0, 0.05) is 6.61 Å². The molecule has 0 aliphatic carbocycles. The van der Waals surface area contributed by atoms with Crippen LogP contribution in [0.2, 0.25) is 5.02 Å². The van der Waals surface area contributed by atoms with Gasteiger partial charge in [0.2, 0.25) is 6.79 Å². The Hall–Kier alpha value is -1.90. The van der Waals surface area contributed by atoms with E-state index in [1.165, 1.54) is 0 Å². The van der Waals surface area contributed by atoms with Gasteiger partial charge in [0.1, 0.15) is 0 Å². The molecule has 7 nitrogen and oxygen atoms in total. The van der Waals surface area contributed by atoms with Crippen molar-refractivity contribution in [3.8, 4) is 11.5 Å². The van der Waals surface area contributed by atoms with Crippen LogP contribution in [0.4, 0.5) is 5.82 Å². The first-order valence-corrected chi connectivity index (χ1v) is 10.9. The van der Waals surface area contributed by atoms with Crippen LogP contribution in [-0.4, -0.2) is 33.8 Å². The van der Waals surface area contributed by atoms with Gasteiger partial charge in [0.25, 0.3) is 5.56 Å². The van der Waals surface area contributed by atoms with Crippen LogP contribution in [0.3, 0.4) is 0 Å². The van der Waals surface area contributed by atoms with Crippen LogP contribution in [0, 0.1) is 0 Å². The molecule has 4 heterocycles. The van der Waals surface area contributed by atoms with Crippen molar-refractivity contribution < 1.29 is 14.2 Å². The molecule has 1 N–H and O–H groups in total. The van der Waals surface area contributed by atoms with E-state index in [0.717, 1.165) is 23.4 Å². The zero-order chi connectivity index (χ0) is 20.3. The van der Waals surface area contributed by atoms with Gasteiger partial charge in [-0.15, -0.1) is 0 Å². The maximum atomic E-state index is 13.0. The molecule has 5 rings (SSSR count). The first kappa shape index (κ1) is 19.1. The SMILES string of the molecule is CC1=Nc2c(c(=O)[nH]n2[C@@H]2CCOC(C)(C)C2)[C@H](c2cc(Cl)c3c(c2)OCO3)S1. The van der Waals surface area contributed by atoms with E-state index in [0.29, 0.717) is 34.5 Å². The fraction of sp³-hybridized carbons (Fsp3) is 0.500. The second-order valence-electron chi connectivity index (χ2n) is 8.17. The Bertz CT molecular complexity index is 1070. The number of H-pyrrole nitrogens is 1. The predicted molar refractivity (Wildman–Crippen MR) is 113 cm³/mol. The highest BCUT2D eigenvalue weighted by molar-refractivity contribution is 8.14. The van der Waals surface area contributed by atoms with Crippen molar-refractivity contribution in [1.29, 1.82) is 0 Å². The standard InChI is InChI=1S/C20H22ClN3O4S/c1-10-22-18-15(19(25)23-24(18)12-4-5-28-20(2,3)8-12)17(29-10)11-6-13(21)16-14(7-11)26-9-27-16/h6-7,12,17H,4-5,8-9H2,1-3H3,(H,23,25)/t12-,17+/m1/s1. The van der Waals surface area contributed by atoms with E-state index in [9.17, 15) is 4.79 Å². The van der Waals surface area contributed by atoms with Crippen molar-refractivity contribution in [3.05, 3.63) is 38.6 Å². The second-order valence-corrected chi connectivity index (χ2v) is 9.87. The number of hydrogen-bond donors (Lipinski definition) is 1. The van der Waals surface area contributed by atoms with E-state index in [2.05, 4.69) is 18.9 Å². The number of ether oxygens (including phenoxy) is 3. The minimum atomic E-state index is -0.233. The van der Waals surface area contributed by atoms with Gasteiger partial charge < -0.3 is 14.2 Å². The molecule has 0 spiro atoms. The maximum absolute atomic E-state index is 13.0. The molecule has 0 unspecified atom stereocenters. The van der Waals surface area contributed by atoms with E-state index >= 15 is 0 Å². The monoisotopic (exact) mass is 435 g/mol. The number of halogens is 1. The number of benzene rings is 1. The van der Waals surface area contributed by atoms with Gasteiger partial charge in [-0.1, -0.05) is 23.4 Å². The van der Waals surface area contributed by atoms with Crippen LogP contribution in [-0.2, 0) is 4.74 Å². The lowest BCUT2D eigenvalue weighted by Crippen LogP contribution is -2.35. The van der Waals surface area contributed by atoms with Gasteiger partial charge in [0.05, 0.1) is 32.5 Å². The molecular formula is C20H22ClN3O4S. The molecule has 0 amide bonds. The zero-order valence-electron chi connectivity index (χ0n) is 16.5.